The van der Waals surface area contributed by atoms with Crippen molar-refractivity contribution in [1.82, 2.24) is 24.5 Å². The van der Waals surface area contributed by atoms with Gasteiger partial charge in [0.1, 0.15) is 6.54 Å². The molecular formula is C18H19N5O2. The van der Waals surface area contributed by atoms with Crippen LogP contribution in [0.2, 0.25) is 0 Å². The van der Waals surface area contributed by atoms with E-state index < -0.39 is 0 Å². The molecule has 0 N–H and O–H groups in total. The molecule has 0 saturated carbocycles. The lowest BCUT2D eigenvalue weighted by molar-refractivity contribution is -0.133. The molecule has 0 aliphatic carbocycles. The van der Waals surface area contributed by atoms with Gasteiger partial charge in [0.2, 0.25) is 11.3 Å². The van der Waals surface area contributed by atoms with Crippen molar-refractivity contribution in [2.75, 3.05) is 13.1 Å². The minimum Gasteiger partial charge on any atom is -0.339 e. The maximum atomic E-state index is 12.8. The molecule has 1 fully saturated rings. The largest absolute Gasteiger partial charge is 0.339 e. The summed E-state index contributed by atoms with van der Waals surface area (Å²) in [5.41, 5.74) is 0.556. The normalized spacial score (nSPS) is 17.8. The number of hydrogen-bond acceptors (Lipinski definition) is 4. The molecule has 0 unspecified atom stereocenters. The van der Waals surface area contributed by atoms with Crippen molar-refractivity contribution in [3.8, 4) is 0 Å². The van der Waals surface area contributed by atoms with Gasteiger partial charge < -0.3 is 4.90 Å². The molecule has 128 valence electrons. The molecule has 1 aliphatic rings. The summed E-state index contributed by atoms with van der Waals surface area (Å²) < 4.78 is 3.53. The first-order chi connectivity index (χ1) is 12.2. The highest BCUT2D eigenvalue weighted by Crippen LogP contribution is 2.21. The molecule has 4 rings (SSSR count). The standard InChI is InChI=1S/C18H19N5O2/c24-17-11-20-23(16-7-2-1-6-15(16)17)13-18(25)21-9-3-5-14(12-21)22-10-4-8-19-22/h1-2,4,6-8,10-11,14H,3,5,9,12-13H2/t14-/m0/s1. The van der Waals surface area contributed by atoms with Crippen LogP contribution in [0.1, 0.15) is 18.9 Å². The topological polar surface area (TPSA) is 73.0 Å². The van der Waals surface area contributed by atoms with Crippen molar-refractivity contribution in [3.63, 3.8) is 0 Å². The van der Waals surface area contributed by atoms with Gasteiger partial charge in [-0.15, -0.1) is 0 Å². The van der Waals surface area contributed by atoms with Crippen molar-refractivity contribution in [1.29, 1.82) is 0 Å². The number of carbonyl (C=O) groups excluding carboxylic acids is 1. The van der Waals surface area contributed by atoms with Crippen molar-refractivity contribution in [2.24, 2.45) is 0 Å². The van der Waals surface area contributed by atoms with Crippen LogP contribution in [0.15, 0.2) is 53.7 Å². The Labute approximate surface area is 144 Å². The monoisotopic (exact) mass is 337 g/mol. The molecule has 7 heteroatoms. The fourth-order valence-corrected chi connectivity index (χ4v) is 3.41. The van der Waals surface area contributed by atoms with Crippen LogP contribution < -0.4 is 5.43 Å². The number of benzene rings is 1. The van der Waals surface area contributed by atoms with E-state index in [-0.39, 0.29) is 23.9 Å². The molecule has 1 amide bonds. The lowest BCUT2D eigenvalue weighted by atomic mass is 10.1. The Balaban J connectivity index is 1.54. The fraction of sp³-hybridized carbons (Fsp3) is 0.333. The molecule has 7 nitrogen and oxygen atoms in total. The van der Waals surface area contributed by atoms with Crippen LogP contribution in [-0.4, -0.2) is 43.5 Å². The molecule has 2 aromatic heterocycles. The summed E-state index contributed by atoms with van der Waals surface area (Å²) in [6, 6.07) is 9.35. The van der Waals surface area contributed by atoms with Crippen LogP contribution in [0.4, 0.5) is 0 Å². The van der Waals surface area contributed by atoms with E-state index in [9.17, 15) is 9.59 Å². The van der Waals surface area contributed by atoms with Crippen LogP contribution in [0.3, 0.4) is 0 Å². The van der Waals surface area contributed by atoms with E-state index in [0.717, 1.165) is 19.4 Å². The van der Waals surface area contributed by atoms with Gasteiger partial charge in [-0.05, 0) is 31.0 Å². The second kappa shape index (κ2) is 6.51. The third kappa shape index (κ3) is 3.05. The van der Waals surface area contributed by atoms with E-state index >= 15 is 0 Å². The molecule has 0 spiro atoms. The second-order valence-electron chi connectivity index (χ2n) is 6.31. The van der Waals surface area contributed by atoms with Gasteiger partial charge >= 0.3 is 0 Å². The average molecular weight is 337 g/mol. The van der Waals surface area contributed by atoms with Crippen LogP contribution >= 0.6 is 0 Å². The highest BCUT2D eigenvalue weighted by Gasteiger charge is 2.25. The van der Waals surface area contributed by atoms with E-state index in [2.05, 4.69) is 10.2 Å². The number of likely N-dealkylation sites (tertiary alicyclic amines) is 1. The fourth-order valence-electron chi connectivity index (χ4n) is 3.41. The van der Waals surface area contributed by atoms with E-state index in [1.165, 1.54) is 6.20 Å². The molecule has 3 aromatic rings. The Morgan fingerprint density at radius 1 is 1.20 bits per heavy atom. The van der Waals surface area contributed by atoms with Crippen molar-refractivity contribution >= 4 is 16.8 Å². The summed E-state index contributed by atoms with van der Waals surface area (Å²) in [7, 11) is 0. The zero-order chi connectivity index (χ0) is 17.2. The van der Waals surface area contributed by atoms with Gasteiger partial charge in [-0.25, -0.2) is 0 Å². The lowest BCUT2D eigenvalue weighted by Gasteiger charge is -2.33. The predicted octanol–water partition coefficient (Wildman–Crippen LogP) is 1.46. The number of amides is 1. The first kappa shape index (κ1) is 15.6. The summed E-state index contributed by atoms with van der Waals surface area (Å²) in [6.45, 7) is 1.53. The number of fused-ring (bicyclic) bond motifs is 1. The van der Waals surface area contributed by atoms with E-state index in [0.29, 0.717) is 17.4 Å². The molecule has 1 aromatic carbocycles. The molecule has 1 saturated heterocycles. The van der Waals surface area contributed by atoms with E-state index in [1.807, 2.05) is 40.0 Å². The van der Waals surface area contributed by atoms with Crippen molar-refractivity contribution in [2.45, 2.75) is 25.4 Å². The number of hydrogen-bond donors (Lipinski definition) is 0. The summed E-state index contributed by atoms with van der Waals surface area (Å²) in [5, 5.41) is 9.03. The number of piperidine rings is 1. The second-order valence-corrected chi connectivity index (χ2v) is 6.31. The Morgan fingerprint density at radius 3 is 2.92 bits per heavy atom. The van der Waals surface area contributed by atoms with Gasteiger partial charge in [-0.3, -0.25) is 19.0 Å². The minimum absolute atomic E-state index is 0.0122. The van der Waals surface area contributed by atoms with E-state index in [4.69, 9.17) is 0 Å². The molecule has 1 atom stereocenters. The van der Waals surface area contributed by atoms with Crippen LogP contribution in [0.25, 0.3) is 10.9 Å². The van der Waals surface area contributed by atoms with Gasteiger partial charge in [0.25, 0.3) is 0 Å². The quantitative estimate of drug-likeness (QED) is 0.725. The lowest BCUT2D eigenvalue weighted by Crippen LogP contribution is -2.42. The number of rotatable bonds is 3. The molecule has 0 bridgehead atoms. The Bertz CT molecular complexity index is 948. The highest BCUT2D eigenvalue weighted by molar-refractivity contribution is 5.81. The van der Waals surface area contributed by atoms with Crippen molar-refractivity contribution in [3.05, 3.63) is 59.1 Å². The van der Waals surface area contributed by atoms with Gasteiger partial charge in [0, 0.05) is 30.9 Å². The number of nitrogens with zero attached hydrogens (tertiary/aromatic N) is 5. The highest BCUT2D eigenvalue weighted by atomic mass is 16.2. The first-order valence-electron chi connectivity index (χ1n) is 8.44. The Morgan fingerprint density at radius 2 is 2.08 bits per heavy atom. The van der Waals surface area contributed by atoms with Gasteiger partial charge in [-0.1, -0.05) is 12.1 Å². The average Bonchev–Trinajstić information content (AvgIpc) is 3.19. The summed E-state index contributed by atoms with van der Waals surface area (Å²) in [4.78, 5) is 26.5. The molecular weight excluding hydrogens is 318 g/mol. The van der Waals surface area contributed by atoms with Crippen molar-refractivity contribution < 1.29 is 4.79 Å². The van der Waals surface area contributed by atoms with Gasteiger partial charge in [0.05, 0.1) is 17.8 Å². The first-order valence-corrected chi connectivity index (χ1v) is 8.44. The smallest absolute Gasteiger partial charge is 0.244 e. The third-order valence-corrected chi connectivity index (χ3v) is 4.70. The zero-order valence-electron chi connectivity index (χ0n) is 13.8. The number of aromatic nitrogens is 4. The Kier molecular flexibility index (Phi) is 4.05. The van der Waals surface area contributed by atoms with Gasteiger partial charge in [0.15, 0.2) is 0 Å². The number of carbonyl (C=O) groups is 1. The molecule has 25 heavy (non-hydrogen) atoms. The maximum Gasteiger partial charge on any atom is 0.244 e. The predicted molar refractivity (Wildman–Crippen MR) is 93.1 cm³/mol. The summed E-state index contributed by atoms with van der Waals surface area (Å²) in [5.74, 6) is 0.0122. The van der Waals surface area contributed by atoms with Crippen LogP contribution in [-0.2, 0) is 11.3 Å². The Hall–Kier alpha value is -2.96. The summed E-state index contributed by atoms with van der Waals surface area (Å²) in [6.07, 6.45) is 6.95. The van der Waals surface area contributed by atoms with Crippen LogP contribution in [0, 0.1) is 0 Å². The molecule has 3 heterocycles. The maximum absolute atomic E-state index is 12.8. The number of para-hydroxylation sites is 1. The molecule has 1 aliphatic heterocycles. The SMILES string of the molecule is O=C(Cn1ncc(=O)c2ccccc21)N1CCC[C@H](n2cccn2)C1. The van der Waals surface area contributed by atoms with Crippen LogP contribution in [0.5, 0.6) is 0 Å². The molecule has 0 radical (unpaired) electrons. The zero-order valence-corrected chi connectivity index (χ0v) is 13.8. The summed E-state index contributed by atoms with van der Waals surface area (Å²) >= 11 is 0. The van der Waals surface area contributed by atoms with Gasteiger partial charge in [-0.2, -0.15) is 10.2 Å². The van der Waals surface area contributed by atoms with E-state index in [1.54, 1.807) is 16.9 Å². The third-order valence-electron chi connectivity index (χ3n) is 4.70. The minimum atomic E-state index is -0.129.